The molecule has 0 aliphatic carbocycles. The highest BCUT2D eigenvalue weighted by molar-refractivity contribution is 9.10. The number of nitrogens with zero attached hydrogens (tertiary/aromatic N) is 1. The third kappa shape index (κ3) is 4.30. The third-order valence-electron chi connectivity index (χ3n) is 3.97. The van der Waals surface area contributed by atoms with E-state index in [2.05, 4.69) is 35.1 Å². The molecule has 21 heavy (non-hydrogen) atoms. The lowest BCUT2D eigenvalue weighted by Crippen LogP contribution is -2.43. The van der Waals surface area contributed by atoms with Gasteiger partial charge in [-0.25, -0.2) is 0 Å². The van der Waals surface area contributed by atoms with Crippen LogP contribution in [0.25, 0.3) is 0 Å². The Kier molecular flexibility index (Phi) is 5.82. The Morgan fingerprint density at radius 2 is 2.24 bits per heavy atom. The van der Waals surface area contributed by atoms with Crippen LogP contribution in [-0.4, -0.2) is 36.5 Å². The zero-order chi connectivity index (χ0) is 15.4. The second kappa shape index (κ2) is 7.41. The fourth-order valence-electron chi connectivity index (χ4n) is 2.87. The van der Waals surface area contributed by atoms with Crippen molar-refractivity contribution < 1.29 is 4.79 Å². The Morgan fingerprint density at radius 3 is 2.86 bits per heavy atom. The molecular weight excluding hydrogens is 328 g/mol. The van der Waals surface area contributed by atoms with Gasteiger partial charge in [-0.05, 0) is 49.9 Å². The van der Waals surface area contributed by atoms with Crippen LogP contribution in [0, 0.1) is 12.8 Å². The summed E-state index contributed by atoms with van der Waals surface area (Å²) in [6, 6.07) is 6.29. The summed E-state index contributed by atoms with van der Waals surface area (Å²) >= 11 is 3.52. The number of nitrogens with one attached hydrogen (secondary N) is 1. The highest BCUT2D eigenvalue weighted by Gasteiger charge is 2.24. The monoisotopic (exact) mass is 352 g/mol. The summed E-state index contributed by atoms with van der Waals surface area (Å²) in [5.74, 6) is 0.624. The van der Waals surface area contributed by atoms with Crippen LogP contribution in [-0.2, 0) is 0 Å². The van der Waals surface area contributed by atoms with E-state index in [9.17, 15) is 4.79 Å². The Labute approximate surface area is 136 Å². The number of amides is 1. The summed E-state index contributed by atoms with van der Waals surface area (Å²) < 4.78 is 0.997. The number of rotatable bonds is 5. The molecule has 1 saturated heterocycles. The van der Waals surface area contributed by atoms with Gasteiger partial charge in [-0.2, -0.15) is 0 Å². The second-order valence-corrected chi connectivity index (χ2v) is 7.16. The van der Waals surface area contributed by atoms with Gasteiger partial charge < -0.3 is 10.2 Å². The summed E-state index contributed by atoms with van der Waals surface area (Å²) in [5, 5.41) is 3.49. The zero-order valence-corrected chi connectivity index (χ0v) is 14.7. The number of carbonyl (C=O) groups excluding carboxylic acids is 1. The minimum absolute atomic E-state index is 0.149. The number of hydrogen-bond donors (Lipinski definition) is 1. The molecule has 1 N–H and O–H groups in total. The van der Waals surface area contributed by atoms with Gasteiger partial charge in [-0.1, -0.05) is 35.8 Å². The van der Waals surface area contributed by atoms with Gasteiger partial charge in [0.15, 0.2) is 0 Å². The molecule has 0 spiro atoms. The van der Waals surface area contributed by atoms with Crippen LogP contribution >= 0.6 is 15.9 Å². The van der Waals surface area contributed by atoms with Crippen molar-refractivity contribution in [3.63, 3.8) is 0 Å². The average Bonchev–Trinajstić information content (AvgIpc) is 2.93. The average molecular weight is 353 g/mol. The molecule has 0 aromatic heterocycles. The van der Waals surface area contributed by atoms with Gasteiger partial charge in [0.2, 0.25) is 0 Å². The van der Waals surface area contributed by atoms with Crippen LogP contribution in [0.3, 0.4) is 0 Å². The van der Waals surface area contributed by atoms with Gasteiger partial charge in [0.25, 0.3) is 5.91 Å². The van der Waals surface area contributed by atoms with E-state index >= 15 is 0 Å². The Bertz CT molecular complexity index is 496. The maximum Gasteiger partial charge on any atom is 0.254 e. The SMILES string of the molecule is Cc1c(Br)cccc1C(=O)N(CC(C)C)CC1CCCN1. The topological polar surface area (TPSA) is 32.3 Å². The minimum Gasteiger partial charge on any atom is -0.337 e. The first-order chi connectivity index (χ1) is 9.99. The molecule has 1 atom stereocenters. The van der Waals surface area contributed by atoms with Gasteiger partial charge in [0, 0.05) is 29.2 Å². The molecule has 0 radical (unpaired) electrons. The van der Waals surface area contributed by atoms with Gasteiger partial charge >= 0.3 is 0 Å². The van der Waals surface area contributed by atoms with Gasteiger partial charge in [0.05, 0.1) is 0 Å². The molecule has 1 amide bonds. The maximum atomic E-state index is 12.9. The highest BCUT2D eigenvalue weighted by atomic mass is 79.9. The van der Waals surface area contributed by atoms with Crippen molar-refractivity contribution in [2.24, 2.45) is 5.92 Å². The number of carbonyl (C=O) groups is 1. The van der Waals surface area contributed by atoms with E-state index in [1.165, 1.54) is 12.8 Å². The molecule has 116 valence electrons. The van der Waals surface area contributed by atoms with E-state index in [-0.39, 0.29) is 5.91 Å². The molecule has 0 saturated carbocycles. The number of benzene rings is 1. The van der Waals surface area contributed by atoms with Crippen molar-refractivity contribution in [2.45, 2.75) is 39.7 Å². The van der Waals surface area contributed by atoms with Crippen molar-refractivity contribution in [1.29, 1.82) is 0 Å². The first-order valence-corrected chi connectivity index (χ1v) is 8.56. The molecule has 1 heterocycles. The predicted octanol–water partition coefficient (Wildman–Crippen LogP) is 3.61. The van der Waals surface area contributed by atoms with Crippen molar-refractivity contribution in [3.05, 3.63) is 33.8 Å². The van der Waals surface area contributed by atoms with Gasteiger partial charge in [-0.15, -0.1) is 0 Å². The van der Waals surface area contributed by atoms with Crippen LogP contribution in [0.4, 0.5) is 0 Å². The van der Waals surface area contributed by atoms with E-state index in [0.717, 1.165) is 35.2 Å². The van der Waals surface area contributed by atoms with E-state index < -0.39 is 0 Å². The van der Waals surface area contributed by atoms with Crippen molar-refractivity contribution >= 4 is 21.8 Å². The van der Waals surface area contributed by atoms with Crippen molar-refractivity contribution in [3.8, 4) is 0 Å². The summed E-state index contributed by atoms with van der Waals surface area (Å²) in [4.78, 5) is 14.9. The largest absolute Gasteiger partial charge is 0.337 e. The summed E-state index contributed by atoms with van der Waals surface area (Å²) in [7, 11) is 0. The smallest absolute Gasteiger partial charge is 0.254 e. The maximum absolute atomic E-state index is 12.9. The molecule has 1 aromatic rings. The molecule has 4 heteroatoms. The third-order valence-corrected chi connectivity index (χ3v) is 4.83. The molecule has 0 bridgehead atoms. The van der Waals surface area contributed by atoms with E-state index in [1.807, 2.05) is 30.0 Å². The van der Waals surface area contributed by atoms with Crippen LogP contribution in [0.2, 0.25) is 0 Å². The fourth-order valence-corrected chi connectivity index (χ4v) is 3.24. The summed E-state index contributed by atoms with van der Waals surface area (Å²) in [5.41, 5.74) is 1.83. The summed E-state index contributed by atoms with van der Waals surface area (Å²) in [6.45, 7) is 9.02. The van der Waals surface area contributed by atoms with Crippen LogP contribution < -0.4 is 5.32 Å². The lowest BCUT2D eigenvalue weighted by atomic mass is 10.1. The first kappa shape index (κ1) is 16.5. The standard InChI is InChI=1S/C17H25BrN2O/c1-12(2)10-20(11-14-6-5-9-19-14)17(21)15-7-4-8-16(18)13(15)3/h4,7-8,12,14,19H,5-6,9-11H2,1-3H3. The van der Waals surface area contributed by atoms with E-state index in [1.54, 1.807) is 0 Å². The van der Waals surface area contributed by atoms with Gasteiger partial charge in [-0.3, -0.25) is 4.79 Å². The second-order valence-electron chi connectivity index (χ2n) is 6.31. The molecule has 1 unspecified atom stereocenters. The Balaban J connectivity index is 2.18. The Hall–Kier alpha value is -0.870. The van der Waals surface area contributed by atoms with Crippen molar-refractivity contribution in [2.75, 3.05) is 19.6 Å². The highest BCUT2D eigenvalue weighted by Crippen LogP contribution is 2.21. The first-order valence-electron chi connectivity index (χ1n) is 7.76. The fraction of sp³-hybridized carbons (Fsp3) is 0.588. The lowest BCUT2D eigenvalue weighted by Gasteiger charge is -2.28. The number of hydrogen-bond acceptors (Lipinski definition) is 2. The van der Waals surface area contributed by atoms with Crippen LogP contribution in [0.1, 0.15) is 42.6 Å². The zero-order valence-electron chi connectivity index (χ0n) is 13.2. The minimum atomic E-state index is 0.149. The van der Waals surface area contributed by atoms with Crippen LogP contribution in [0.15, 0.2) is 22.7 Å². The van der Waals surface area contributed by atoms with Crippen molar-refractivity contribution in [1.82, 2.24) is 10.2 Å². The molecule has 1 aromatic carbocycles. The molecule has 1 aliphatic heterocycles. The molecule has 3 nitrogen and oxygen atoms in total. The molecule has 1 aliphatic rings. The normalized spacial score (nSPS) is 18.2. The molecule has 1 fully saturated rings. The summed E-state index contributed by atoms with van der Waals surface area (Å²) in [6.07, 6.45) is 2.38. The quantitative estimate of drug-likeness (QED) is 0.877. The predicted molar refractivity (Wildman–Crippen MR) is 90.6 cm³/mol. The van der Waals surface area contributed by atoms with Crippen LogP contribution in [0.5, 0.6) is 0 Å². The molecular formula is C17H25BrN2O. The number of halogens is 1. The van der Waals surface area contributed by atoms with E-state index in [0.29, 0.717) is 12.0 Å². The lowest BCUT2D eigenvalue weighted by molar-refractivity contribution is 0.0720. The van der Waals surface area contributed by atoms with E-state index in [4.69, 9.17) is 0 Å². The Morgan fingerprint density at radius 1 is 1.48 bits per heavy atom. The van der Waals surface area contributed by atoms with Gasteiger partial charge in [0.1, 0.15) is 0 Å². The molecule has 2 rings (SSSR count).